The Balaban J connectivity index is 1.44. The standard InChI is InChI=1S/C35H23N4/c1-2-10-23(11-3-1)37-32-16-8-9-17-33(32)39-31-18-19-36-22-28(31)27-20-24(21-34(37)35(27)39)38-29-14-6-4-12-25(29)26-13-5-7-15-30(26)38/h1-22,35H/q+1. The topological polar surface area (TPSA) is 24.1 Å². The Morgan fingerprint density at radius 1 is 0.641 bits per heavy atom. The van der Waals surface area contributed by atoms with Gasteiger partial charge in [-0.15, -0.1) is 0 Å². The molecule has 4 nitrogen and oxygen atoms in total. The third kappa shape index (κ3) is 2.72. The third-order valence-corrected chi connectivity index (χ3v) is 8.29. The van der Waals surface area contributed by atoms with Gasteiger partial charge < -0.3 is 9.47 Å². The van der Waals surface area contributed by atoms with Gasteiger partial charge in [-0.25, -0.2) is 0 Å². The smallest absolute Gasteiger partial charge is 0.235 e. The summed E-state index contributed by atoms with van der Waals surface area (Å²) in [6, 6.07) is 39.1. The van der Waals surface area contributed by atoms with Crippen molar-refractivity contribution >= 4 is 61.5 Å². The van der Waals surface area contributed by atoms with Crippen LogP contribution in [0.25, 0.3) is 33.1 Å². The summed E-state index contributed by atoms with van der Waals surface area (Å²) in [6.07, 6.45) is 8.71. The molecule has 6 aromatic rings. The van der Waals surface area contributed by atoms with Crippen molar-refractivity contribution < 1.29 is 0 Å². The van der Waals surface area contributed by atoms with Crippen LogP contribution in [0.4, 0.5) is 22.7 Å². The highest BCUT2D eigenvalue weighted by Crippen LogP contribution is 2.53. The average Bonchev–Trinajstić information content (AvgIpc) is 3.52. The van der Waals surface area contributed by atoms with Crippen LogP contribution >= 0.6 is 0 Å². The molecule has 9 rings (SSSR count). The predicted molar refractivity (Wildman–Crippen MR) is 161 cm³/mol. The molecular weight excluding hydrogens is 476 g/mol. The first kappa shape index (κ1) is 20.8. The minimum atomic E-state index is 0.0659. The van der Waals surface area contributed by atoms with Crippen molar-refractivity contribution in [3.8, 4) is 0 Å². The maximum absolute atomic E-state index is 4.57. The molecule has 1 atom stereocenters. The zero-order chi connectivity index (χ0) is 25.5. The Bertz CT molecular complexity index is 2020. The summed E-state index contributed by atoms with van der Waals surface area (Å²) in [4.78, 5) is 7.06. The van der Waals surface area contributed by atoms with Crippen LogP contribution in [0.15, 0.2) is 134 Å². The number of para-hydroxylation sites is 5. The van der Waals surface area contributed by atoms with Gasteiger partial charge in [-0.1, -0.05) is 66.7 Å². The second kappa shape index (κ2) is 7.65. The first-order valence-electron chi connectivity index (χ1n) is 13.3. The molecule has 0 radical (unpaired) electrons. The highest BCUT2D eigenvalue weighted by molar-refractivity contribution is 6.25. The summed E-state index contributed by atoms with van der Waals surface area (Å²) in [5.74, 6) is 0. The first-order valence-corrected chi connectivity index (χ1v) is 13.3. The second-order valence-electron chi connectivity index (χ2n) is 10.3. The monoisotopic (exact) mass is 499 g/mol. The zero-order valence-corrected chi connectivity index (χ0v) is 21.1. The van der Waals surface area contributed by atoms with Crippen molar-refractivity contribution in [2.24, 2.45) is 0 Å². The lowest BCUT2D eigenvalue weighted by molar-refractivity contribution is 0.930. The molecular formula is C35H23N4+. The fraction of sp³-hybridized carbons (Fsp3) is 0.0286. The molecule has 0 saturated heterocycles. The Morgan fingerprint density at radius 2 is 1.33 bits per heavy atom. The van der Waals surface area contributed by atoms with Gasteiger partial charge in [0, 0.05) is 53.0 Å². The van der Waals surface area contributed by atoms with Gasteiger partial charge in [-0.3, -0.25) is 4.98 Å². The van der Waals surface area contributed by atoms with Crippen LogP contribution in [-0.2, 0) is 0 Å². The van der Waals surface area contributed by atoms with E-state index in [9.17, 15) is 0 Å². The molecule has 2 aliphatic heterocycles. The Kier molecular flexibility index (Phi) is 4.08. The van der Waals surface area contributed by atoms with E-state index in [-0.39, 0.29) is 6.04 Å². The number of allylic oxidation sites excluding steroid dienone is 2. The van der Waals surface area contributed by atoms with Crippen molar-refractivity contribution in [2.75, 3.05) is 4.90 Å². The summed E-state index contributed by atoms with van der Waals surface area (Å²) in [5.41, 5.74) is 12.0. The van der Waals surface area contributed by atoms with Crippen molar-refractivity contribution in [2.45, 2.75) is 6.04 Å². The molecule has 0 fully saturated rings. The molecule has 39 heavy (non-hydrogen) atoms. The number of anilines is 2. The van der Waals surface area contributed by atoms with Crippen LogP contribution in [0.2, 0.25) is 0 Å². The summed E-state index contributed by atoms with van der Waals surface area (Å²) >= 11 is 0. The van der Waals surface area contributed by atoms with Gasteiger partial charge in [-0.2, -0.15) is 4.58 Å². The maximum atomic E-state index is 4.57. The van der Waals surface area contributed by atoms with Crippen molar-refractivity contribution in [1.82, 2.24) is 14.1 Å². The van der Waals surface area contributed by atoms with E-state index in [0.717, 1.165) is 11.4 Å². The molecule has 4 heteroatoms. The SMILES string of the molecule is C1=C2c3cnccc3N3c4ccccc4[N+](c4ccccc4)=C(C=C1n1c4ccccc4c4ccccc41)C23. The van der Waals surface area contributed by atoms with Crippen LogP contribution in [0.5, 0.6) is 0 Å². The minimum absolute atomic E-state index is 0.0659. The lowest BCUT2D eigenvalue weighted by atomic mass is 9.91. The zero-order valence-electron chi connectivity index (χ0n) is 21.1. The molecule has 0 amide bonds. The number of benzene rings is 4. The van der Waals surface area contributed by atoms with Gasteiger partial charge in [0.2, 0.25) is 17.1 Å². The highest BCUT2D eigenvalue weighted by Gasteiger charge is 2.49. The van der Waals surface area contributed by atoms with Gasteiger partial charge in [0.05, 0.1) is 22.4 Å². The number of rotatable bonds is 2. The highest BCUT2D eigenvalue weighted by atomic mass is 15.3. The van der Waals surface area contributed by atoms with E-state index in [2.05, 4.69) is 140 Å². The largest absolute Gasteiger partial charge is 0.318 e. The van der Waals surface area contributed by atoms with Crippen LogP contribution in [-0.4, -0.2) is 21.3 Å². The van der Waals surface area contributed by atoms with Crippen LogP contribution in [0.1, 0.15) is 5.56 Å². The Morgan fingerprint density at radius 3 is 2.13 bits per heavy atom. The minimum Gasteiger partial charge on any atom is -0.318 e. The van der Waals surface area contributed by atoms with Gasteiger partial charge in [0.1, 0.15) is 11.7 Å². The third-order valence-electron chi connectivity index (χ3n) is 8.29. The number of nitrogens with zero attached hydrogens (tertiary/aromatic N) is 4. The van der Waals surface area contributed by atoms with E-state index in [1.165, 1.54) is 55.7 Å². The van der Waals surface area contributed by atoms with Crippen LogP contribution < -0.4 is 9.48 Å². The summed E-state index contributed by atoms with van der Waals surface area (Å²) in [7, 11) is 0. The number of hydrogen-bond donors (Lipinski definition) is 0. The summed E-state index contributed by atoms with van der Waals surface area (Å²) in [5, 5.41) is 2.53. The van der Waals surface area contributed by atoms with E-state index < -0.39 is 0 Å². The predicted octanol–water partition coefficient (Wildman–Crippen LogP) is 7.94. The van der Waals surface area contributed by atoms with E-state index in [1.807, 2.05) is 12.4 Å². The van der Waals surface area contributed by atoms with Crippen molar-refractivity contribution in [3.63, 3.8) is 0 Å². The van der Waals surface area contributed by atoms with E-state index in [4.69, 9.17) is 0 Å². The molecule has 4 heterocycles. The van der Waals surface area contributed by atoms with Gasteiger partial charge in [0.25, 0.3) is 0 Å². The number of aromatic nitrogens is 2. The van der Waals surface area contributed by atoms with Gasteiger partial charge in [0.15, 0.2) is 0 Å². The molecule has 0 spiro atoms. The van der Waals surface area contributed by atoms with Gasteiger partial charge in [-0.05, 0) is 35.9 Å². The second-order valence-corrected chi connectivity index (χ2v) is 10.3. The molecule has 2 aromatic heterocycles. The molecule has 0 saturated carbocycles. The molecule has 0 N–H and O–H groups in total. The van der Waals surface area contributed by atoms with Crippen molar-refractivity contribution in [3.05, 3.63) is 139 Å². The molecule has 4 aromatic carbocycles. The molecule has 1 unspecified atom stereocenters. The summed E-state index contributed by atoms with van der Waals surface area (Å²) < 4.78 is 4.86. The van der Waals surface area contributed by atoms with Crippen LogP contribution in [0.3, 0.4) is 0 Å². The fourth-order valence-electron chi connectivity index (χ4n) is 6.77. The van der Waals surface area contributed by atoms with E-state index >= 15 is 0 Å². The number of pyridine rings is 1. The molecule has 0 bridgehead atoms. The number of hydrogen-bond acceptors (Lipinski definition) is 2. The lowest BCUT2D eigenvalue weighted by Gasteiger charge is -2.33. The van der Waals surface area contributed by atoms with E-state index in [1.54, 1.807) is 0 Å². The molecule has 1 aliphatic carbocycles. The average molecular weight is 500 g/mol. The van der Waals surface area contributed by atoms with E-state index in [0.29, 0.717) is 0 Å². The molecule has 182 valence electrons. The number of fused-ring (bicyclic) bond motifs is 8. The van der Waals surface area contributed by atoms with Crippen LogP contribution in [0, 0.1) is 0 Å². The summed E-state index contributed by atoms with van der Waals surface area (Å²) in [6.45, 7) is 0. The Labute approximate surface area is 225 Å². The maximum Gasteiger partial charge on any atom is 0.235 e. The molecule has 3 aliphatic rings. The quantitative estimate of drug-likeness (QED) is 0.226. The normalized spacial score (nSPS) is 17.1. The van der Waals surface area contributed by atoms with Crippen molar-refractivity contribution in [1.29, 1.82) is 0 Å². The Hall–Kier alpha value is -5.22. The fourth-order valence-corrected chi connectivity index (χ4v) is 6.77. The first-order chi connectivity index (χ1) is 19.4. The van der Waals surface area contributed by atoms with Gasteiger partial charge >= 0.3 is 0 Å². The lowest BCUT2D eigenvalue weighted by Crippen LogP contribution is -2.43.